The summed E-state index contributed by atoms with van der Waals surface area (Å²) in [7, 11) is 0. The Hall–Kier alpha value is -2.14. The smallest absolute Gasteiger partial charge is 0.123 e. The van der Waals surface area contributed by atoms with E-state index in [-0.39, 0.29) is 5.82 Å². The molecule has 0 aliphatic carbocycles. The van der Waals surface area contributed by atoms with Gasteiger partial charge < -0.3 is 4.74 Å². The monoisotopic (exact) mass is 510 g/mol. The molecule has 2 aromatic rings. The molecule has 2 heterocycles. The summed E-state index contributed by atoms with van der Waals surface area (Å²) < 4.78 is 19.5. The van der Waals surface area contributed by atoms with Crippen LogP contribution in [0.5, 0.6) is 5.75 Å². The number of nitrogens with zero attached hydrogens (tertiary/aromatic N) is 2. The number of aryl methyl sites for hydroxylation is 1. The van der Waals surface area contributed by atoms with Crippen molar-refractivity contribution in [1.29, 1.82) is 0 Å². The molecular formula is C31H40ClFN2O. The quantitative estimate of drug-likeness (QED) is 0.328. The first kappa shape index (κ1) is 26.9. The van der Waals surface area contributed by atoms with Crippen LogP contribution >= 0.6 is 11.6 Å². The van der Waals surface area contributed by atoms with E-state index in [0.29, 0.717) is 0 Å². The van der Waals surface area contributed by atoms with E-state index in [9.17, 15) is 4.39 Å². The number of piperidine rings is 1. The number of benzene rings is 2. The molecule has 1 saturated heterocycles. The highest BCUT2D eigenvalue weighted by Gasteiger charge is 2.20. The molecule has 2 aliphatic heterocycles. The van der Waals surface area contributed by atoms with Gasteiger partial charge in [0.2, 0.25) is 0 Å². The average Bonchev–Trinajstić information content (AvgIpc) is 3.07. The number of rotatable bonds is 9. The molecular weight excluding hydrogens is 471 g/mol. The maximum atomic E-state index is 13.3. The maximum absolute atomic E-state index is 13.3. The van der Waals surface area contributed by atoms with Gasteiger partial charge in [-0.15, -0.1) is 0 Å². The van der Waals surface area contributed by atoms with Crippen LogP contribution in [0.2, 0.25) is 0 Å². The molecule has 194 valence electrons. The van der Waals surface area contributed by atoms with Crippen molar-refractivity contribution >= 4 is 11.6 Å². The third-order valence-electron chi connectivity index (χ3n) is 7.52. The number of hydrogen-bond acceptors (Lipinski definition) is 3. The van der Waals surface area contributed by atoms with Gasteiger partial charge in [-0.1, -0.05) is 42.0 Å². The van der Waals surface area contributed by atoms with Gasteiger partial charge in [-0.05, 0) is 118 Å². The van der Waals surface area contributed by atoms with Gasteiger partial charge in [0, 0.05) is 24.7 Å². The maximum Gasteiger partial charge on any atom is 0.123 e. The predicted molar refractivity (Wildman–Crippen MR) is 148 cm³/mol. The van der Waals surface area contributed by atoms with E-state index in [1.807, 2.05) is 26.0 Å². The molecule has 1 fully saturated rings. The van der Waals surface area contributed by atoms with Crippen molar-refractivity contribution in [3.05, 3.63) is 87.7 Å². The highest BCUT2D eigenvalue weighted by molar-refractivity contribution is 6.29. The van der Waals surface area contributed by atoms with Gasteiger partial charge >= 0.3 is 0 Å². The molecule has 0 atom stereocenters. The molecule has 2 aromatic carbocycles. The van der Waals surface area contributed by atoms with E-state index in [1.165, 1.54) is 29.5 Å². The zero-order chi connectivity index (χ0) is 25.3. The first-order valence-corrected chi connectivity index (χ1v) is 13.8. The second-order valence-electron chi connectivity index (χ2n) is 10.3. The highest BCUT2D eigenvalue weighted by Crippen LogP contribution is 2.26. The van der Waals surface area contributed by atoms with Crippen LogP contribution in [0.4, 0.5) is 4.39 Å². The lowest BCUT2D eigenvalue weighted by atomic mass is 9.93. The topological polar surface area (TPSA) is 15.7 Å². The standard InChI is InChI=1S/C31H40ClFN2O/c1-3-5-28(24(2)32)22-34-17-13-25(14-18-34)15-19-36-31-12-9-27-6-4-16-35(23-29(27)20-31)21-26-7-10-30(33)11-8-26/h3,5,7-12,20,25H,4,6,13-19,21-23H2,1-2H3/b5-3-,28-24-. The SMILES string of the molecule is C/C=C\C(CN1CCC(CCOc2ccc3c(c2)CN(Cc2ccc(F)cc2)CCC3)CC1)=C(/C)Cl. The lowest BCUT2D eigenvalue weighted by Crippen LogP contribution is -2.35. The van der Waals surface area contributed by atoms with Gasteiger partial charge in [-0.3, -0.25) is 9.80 Å². The summed E-state index contributed by atoms with van der Waals surface area (Å²) in [6.45, 7) is 10.8. The first-order chi connectivity index (χ1) is 17.5. The molecule has 3 nitrogen and oxygen atoms in total. The number of hydrogen-bond donors (Lipinski definition) is 0. The number of allylic oxidation sites excluding steroid dienone is 2. The fourth-order valence-electron chi connectivity index (χ4n) is 5.37. The van der Waals surface area contributed by atoms with Crippen molar-refractivity contribution in [3.63, 3.8) is 0 Å². The molecule has 36 heavy (non-hydrogen) atoms. The van der Waals surface area contributed by atoms with E-state index >= 15 is 0 Å². The van der Waals surface area contributed by atoms with Crippen LogP contribution in [-0.2, 0) is 19.5 Å². The van der Waals surface area contributed by atoms with Gasteiger partial charge in [-0.2, -0.15) is 0 Å². The fraction of sp³-hybridized carbons (Fsp3) is 0.484. The Morgan fingerprint density at radius 2 is 1.83 bits per heavy atom. The molecule has 0 saturated carbocycles. The lowest BCUT2D eigenvalue weighted by molar-refractivity contribution is 0.173. The summed E-state index contributed by atoms with van der Waals surface area (Å²) >= 11 is 6.27. The minimum absolute atomic E-state index is 0.176. The van der Waals surface area contributed by atoms with Crippen molar-refractivity contribution < 1.29 is 9.13 Å². The van der Waals surface area contributed by atoms with Crippen LogP contribution in [0.25, 0.3) is 0 Å². The zero-order valence-electron chi connectivity index (χ0n) is 21.8. The van der Waals surface area contributed by atoms with E-state index in [2.05, 4.69) is 40.2 Å². The third kappa shape index (κ3) is 7.93. The molecule has 0 bridgehead atoms. The Labute approximate surface area is 221 Å². The fourth-order valence-corrected chi connectivity index (χ4v) is 5.50. The Kier molecular flexibility index (Phi) is 10.0. The summed E-state index contributed by atoms with van der Waals surface area (Å²) in [6.07, 6.45) is 9.98. The van der Waals surface area contributed by atoms with E-state index in [4.69, 9.17) is 16.3 Å². The highest BCUT2D eigenvalue weighted by atomic mass is 35.5. The summed E-state index contributed by atoms with van der Waals surface area (Å²) in [5, 5.41) is 0.892. The number of likely N-dealkylation sites (tertiary alicyclic amines) is 1. The number of halogens is 2. The molecule has 0 amide bonds. The van der Waals surface area contributed by atoms with E-state index in [1.54, 1.807) is 12.1 Å². The van der Waals surface area contributed by atoms with Crippen molar-refractivity contribution in [2.75, 3.05) is 32.8 Å². The van der Waals surface area contributed by atoms with Crippen LogP contribution in [0.15, 0.2) is 65.2 Å². The van der Waals surface area contributed by atoms with Crippen LogP contribution in [0, 0.1) is 11.7 Å². The largest absolute Gasteiger partial charge is 0.494 e. The van der Waals surface area contributed by atoms with Gasteiger partial charge in [0.1, 0.15) is 11.6 Å². The molecule has 0 radical (unpaired) electrons. The number of fused-ring (bicyclic) bond motifs is 1. The Morgan fingerprint density at radius 1 is 1.06 bits per heavy atom. The summed E-state index contributed by atoms with van der Waals surface area (Å²) in [4.78, 5) is 4.97. The first-order valence-electron chi connectivity index (χ1n) is 13.4. The normalized spacial score (nSPS) is 18.7. The van der Waals surface area contributed by atoms with Crippen molar-refractivity contribution in [2.24, 2.45) is 5.92 Å². The molecule has 0 aromatic heterocycles. The average molecular weight is 511 g/mol. The van der Waals surface area contributed by atoms with Crippen molar-refractivity contribution in [1.82, 2.24) is 9.80 Å². The summed E-state index contributed by atoms with van der Waals surface area (Å²) in [6, 6.07) is 13.5. The number of ether oxygens (including phenoxy) is 1. The second kappa shape index (κ2) is 13.4. The van der Waals surface area contributed by atoms with Gasteiger partial charge in [0.25, 0.3) is 0 Å². The predicted octanol–water partition coefficient (Wildman–Crippen LogP) is 7.34. The van der Waals surface area contributed by atoms with Gasteiger partial charge in [0.05, 0.1) is 6.61 Å². The Bertz CT molecular complexity index is 1040. The zero-order valence-corrected chi connectivity index (χ0v) is 22.6. The van der Waals surface area contributed by atoms with Crippen LogP contribution in [0.1, 0.15) is 56.2 Å². The molecule has 2 aliphatic rings. The molecule has 5 heteroatoms. The van der Waals surface area contributed by atoms with Gasteiger partial charge in [0.15, 0.2) is 0 Å². The summed E-state index contributed by atoms with van der Waals surface area (Å²) in [5.74, 6) is 1.53. The third-order valence-corrected chi connectivity index (χ3v) is 7.76. The van der Waals surface area contributed by atoms with E-state index in [0.717, 1.165) is 87.4 Å². The minimum Gasteiger partial charge on any atom is -0.494 e. The van der Waals surface area contributed by atoms with Crippen LogP contribution in [0.3, 0.4) is 0 Å². The van der Waals surface area contributed by atoms with Gasteiger partial charge in [-0.25, -0.2) is 4.39 Å². The second-order valence-corrected chi connectivity index (χ2v) is 10.9. The Morgan fingerprint density at radius 3 is 2.56 bits per heavy atom. The van der Waals surface area contributed by atoms with Crippen LogP contribution in [-0.4, -0.2) is 42.6 Å². The molecule has 0 spiro atoms. The molecule has 0 unspecified atom stereocenters. The Balaban J connectivity index is 1.24. The molecule has 4 rings (SSSR count). The van der Waals surface area contributed by atoms with Crippen LogP contribution < -0.4 is 4.74 Å². The molecule has 0 N–H and O–H groups in total. The van der Waals surface area contributed by atoms with Crippen molar-refractivity contribution in [3.8, 4) is 5.75 Å². The summed E-state index contributed by atoms with van der Waals surface area (Å²) in [5.41, 5.74) is 5.17. The van der Waals surface area contributed by atoms with E-state index < -0.39 is 0 Å². The minimum atomic E-state index is -0.176. The lowest BCUT2D eigenvalue weighted by Gasteiger charge is -2.32. The van der Waals surface area contributed by atoms with Crippen molar-refractivity contribution in [2.45, 2.75) is 59.0 Å².